The van der Waals surface area contributed by atoms with Crippen LogP contribution in [0.3, 0.4) is 0 Å². The number of amides is 2. The van der Waals surface area contributed by atoms with Gasteiger partial charge >= 0.3 is 0 Å². The molecule has 0 unspecified atom stereocenters. The standard InChI is InChI=1S/C26H36N2O2S/c1-5-21(4)27-26(30)24(6-2)28(16-15-22-12-8-7-9-13-22)25(29)19-31-18-23-14-10-11-20(3)17-23/h7-14,17,21,24H,5-6,15-16,18-19H2,1-4H3,(H,27,30)/t21-,24+/m0/s1. The highest BCUT2D eigenvalue weighted by Crippen LogP contribution is 2.17. The smallest absolute Gasteiger partial charge is 0.243 e. The van der Waals surface area contributed by atoms with E-state index < -0.39 is 6.04 Å². The molecule has 0 aliphatic rings. The average molecular weight is 441 g/mol. The maximum atomic E-state index is 13.2. The van der Waals surface area contributed by atoms with E-state index in [1.165, 1.54) is 16.7 Å². The lowest BCUT2D eigenvalue weighted by molar-refractivity contribution is -0.139. The van der Waals surface area contributed by atoms with Crippen LogP contribution < -0.4 is 5.32 Å². The van der Waals surface area contributed by atoms with Crippen LogP contribution in [-0.4, -0.2) is 41.1 Å². The van der Waals surface area contributed by atoms with E-state index in [0.717, 1.165) is 18.6 Å². The molecule has 0 bridgehead atoms. The summed E-state index contributed by atoms with van der Waals surface area (Å²) in [5.74, 6) is 1.13. The van der Waals surface area contributed by atoms with Crippen LogP contribution in [0.15, 0.2) is 54.6 Å². The van der Waals surface area contributed by atoms with Gasteiger partial charge < -0.3 is 10.2 Å². The summed E-state index contributed by atoms with van der Waals surface area (Å²) in [6.07, 6.45) is 2.21. The van der Waals surface area contributed by atoms with Crippen LogP contribution in [-0.2, 0) is 21.8 Å². The van der Waals surface area contributed by atoms with Gasteiger partial charge in [-0.3, -0.25) is 9.59 Å². The van der Waals surface area contributed by atoms with E-state index in [1.54, 1.807) is 16.7 Å². The number of aryl methyl sites for hydroxylation is 1. The average Bonchev–Trinajstić information content (AvgIpc) is 2.77. The zero-order chi connectivity index (χ0) is 22.6. The predicted octanol–water partition coefficient (Wildman–Crippen LogP) is 4.99. The van der Waals surface area contributed by atoms with Gasteiger partial charge in [0.2, 0.25) is 11.8 Å². The second-order valence-corrected chi connectivity index (χ2v) is 9.03. The van der Waals surface area contributed by atoms with Gasteiger partial charge in [0.25, 0.3) is 0 Å². The molecule has 5 heteroatoms. The van der Waals surface area contributed by atoms with E-state index in [-0.39, 0.29) is 17.9 Å². The van der Waals surface area contributed by atoms with Crippen molar-refractivity contribution in [1.29, 1.82) is 0 Å². The predicted molar refractivity (Wildman–Crippen MR) is 131 cm³/mol. The van der Waals surface area contributed by atoms with Crippen LogP contribution in [0.4, 0.5) is 0 Å². The highest BCUT2D eigenvalue weighted by atomic mass is 32.2. The Labute approximate surface area is 191 Å². The molecule has 31 heavy (non-hydrogen) atoms. The Kier molecular flexibility index (Phi) is 10.6. The Balaban J connectivity index is 2.06. The minimum atomic E-state index is -0.440. The molecule has 2 amide bonds. The van der Waals surface area contributed by atoms with Gasteiger partial charge in [0, 0.05) is 18.3 Å². The molecule has 0 spiro atoms. The van der Waals surface area contributed by atoms with Crippen molar-refractivity contribution in [3.05, 3.63) is 71.3 Å². The first-order valence-electron chi connectivity index (χ1n) is 11.2. The Morgan fingerprint density at radius 1 is 1.00 bits per heavy atom. The summed E-state index contributed by atoms with van der Waals surface area (Å²) in [6.45, 7) is 8.64. The van der Waals surface area contributed by atoms with Gasteiger partial charge in [-0.05, 0) is 44.2 Å². The van der Waals surface area contributed by atoms with Crippen molar-refractivity contribution in [2.75, 3.05) is 12.3 Å². The van der Waals surface area contributed by atoms with Gasteiger partial charge in [-0.2, -0.15) is 0 Å². The number of hydrogen-bond donors (Lipinski definition) is 1. The minimum Gasteiger partial charge on any atom is -0.352 e. The summed E-state index contributed by atoms with van der Waals surface area (Å²) in [5.41, 5.74) is 3.61. The lowest BCUT2D eigenvalue weighted by Gasteiger charge is -2.31. The molecule has 0 radical (unpaired) electrons. The number of nitrogens with zero attached hydrogens (tertiary/aromatic N) is 1. The summed E-state index contributed by atoms with van der Waals surface area (Å²) < 4.78 is 0. The van der Waals surface area contributed by atoms with Crippen LogP contribution in [0.1, 0.15) is 50.3 Å². The fraction of sp³-hybridized carbons (Fsp3) is 0.462. The topological polar surface area (TPSA) is 49.4 Å². The largest absolute Gasteiger partial charge is 0.352 e. The van der Waals surface area contributed by atoms with Crippen molar-refractivity contribution in [2.24, 2.45) is 0 Å². The lowest BCUT2D eigenvalue weighted by Crippen LogP contribution is -2.52. The molecule has 0 saturated carbocycles. The van der Waals surface area contributed by atoms with Gasteiger partial charge in [0.05, 0.1) is 5.75 Å². The molecule has 0 fully saturated rings. The van der Waals surface area contributed by atoms with E-state index in [2.05, 4.69) is 42.6 Å². The number of carbonyl (C=O) groups is 2. The zero-order valence-corrected chi connectivity index (χ0v) is 20.1. The molecule has 4 nitrogen and oxygen atoms in total. The van der Waals surface area contributed by atoms with E-state index in [1.807, 2.05) is 45.0 Å². The highest BCUT2D eigenvalue weighted by Gasteiger charge is 2.28. The van der Waals surface area contributed by atoms with Gasteiger partial charge in [-0.15, -0.1) is 11.8 Å². The molecule has 2 atom stereocenters. The molecular weight excluding hydrogens is 404 g/mol. The summed E-state index contributed by atoms with van der Waals surface area (Å²) in [4.78, 5) is 27.9. The number of hydrogen-bond acceptors (Lipinski definition) is 3. The zero-order valence-electron chi connectivity index (χ0n) is 19.3. The number of rotatable bonds is 12. The summed E-state index contributed by atoms with van der Waals surface area (Å²) in [7, 11) is 0. The monoisotopic (exact) mass is 440 g/mol. The van der Waals surface area contributed by atoms with Gasteiger partial charge in [0.1, 0.15) is 6.04 Å². The van der Waals surface area contributed by atoms with Crippen molar-refractivity contribution < 1.29 is 9.59 Å². The van der Waals surface area contributed by atoms with Gasteiger partial charge in [-0.25, -0.2) is 0 Å². The quantitative estimate of drug-likeness (QED) is 0.506. The third-order valence-electron chi connectivity index (χ3n) is 5.45. The SMILES string of the molecule is CC[C@H](C(=O)N[C@@H](C)CC)N(CCc1ccccc1)C(=O)CSCc1cccc(C)c1. The Hall–Kier alpha value is -2.27. The lowest BCUT2D eigenvalue weighted by atomic mass is 10.1. The van der Waals surface area contributed by atoms with Crippen molar-refractivity contribution in [3.63, 3.8) is 0 Å². The van der Waals surface area contributed by atoms with Crippen LogP contribution in [0, 0.1) is 6.92 Å². The maximum Gasteiger partial charge on any atom is 0.243 e. The number of nitrogens with one attached hydrogen (secondary N) is 1. The fourth-order valence-electron chi connectivity index (χ4n) is 3.48. The third kappa shape index (κ3) is 8.41. The van der Waals surface area contributed by atoms with Crippen LogP contribution in [0.25, 0.3) is 0 Å². The first-order chi connectivity index (χ1) is 14.9. The fourth-order valence-corrected chi connectivity index (χ4v) is 4.34. The van der Waals surface area contributed by atoms with E-state index in [9.17, 15) is 9.59 Å². The normalized spacial score (nSPS) is 12.8. The summed E-state index contributed by atoms with van der Waals surface area (Å²) >= 11 is 1.61. The Morgan fingerprint density at radius 3 is 2.35 bits per heavy atom. The van der Waals surface area contributed by atoms with Crippen molar-refractivity contribution in [2.45, 2.75) is 64.8 Å². The molecule has 0 aliphatic carbocycles. The van der Waals surface area contributed by atoms with E-state index in [0.29, 0.717) is 18.7 Å². The van der Waals surface area contributed by atoms with Crippen LogP contribution in [0.2, 0.25) is 0 Å². The maximum absolute atomic E-state index is 13.2. The van der Waals surface area contributed by atoms with Gasteiger partial charge in [-0.1, -0.05) is 74.0 Å². The first kappa shape index (κ1) is 25.0. The molecule has 2 aromatic rings. The summed E-state index contributed by atoms with van der Waals surface area (Å²) in [6, 6.07) is 18.2. The molecule has 0 aromatic heterocycles. The Morgan fingerprint density at radius 2 is 1.71 bits per heavy atom. The molecule has 2 rings (SSSR count). The molecule has 0 heterocycles. The van der Waals surface area contributed by atoms with E-state index in [4.69, 9.17) is 0 Å². The molecule has 0 aliphatic heterocycles. The van der Waals surface area contributed by atoms with Crippen molar-refractivity contribution in [1.82, 2.24) is 10.2 Å². The van der Waals surface area contributed by atoms with Crippen molar-refractivity contribution in [3.8, 4) is 0 Å². The molecule has 168 valence electrons. The second-order valence-electron chi connectivity index (χ2n) is 8.05. The number of benzene rings is 2. The summed E-state index contributed by atoms with van der Waals surface area (Å²) in [5, 5.41) is 3.06. The van der Waals surface area contributed by atoms with Gasteiger partial charge in [0.15, 0.2) is 0 Å². The van der Waals surface area contributed by atoms with E-state index >= 15 is 0 Å². The second kappa shape index (κ2) is 13.2. The molecule has 1 N–H and O–H groups in total. The molecular formula is C26H36N2O2S. The third-order valence-corrected chi connectivity index (χ3v) is 6.44. The molecule has 0 saturated heterocycles. The van der Waals surface area contributed by atoms with Crippen molar-refractivity contribution >= 4 is 23.6 Å². The minimum absolute atomic E-state index is 0.0275. The highest BCUT2D eigenvalue weighted by molar-refractivity contribution is 7.99. The Bertz CT molecular complexity index is 825. The van der Waals surface area contributed by atoms with Crippen LogP contribution >= 0.6 is 11.8 Å². The number of thioether (sulfide) groups is 1. The number of carbonyl (C=O) groups excluding carboxylic acids is 2. The first-order valence-corrected chi connectivity index (χ1v) is 12.4. The molecule has 2 aromatic carbocycles. The van der Waals surface area contributed by atoms with Crippen LogP contribution in [0.5, 0.6) is 0 Å².